The van der Waals surface area contributed by atoms with Gasteiger partial charge < -0.3 is 4.90 Å². The van der Waals surface area contributed by atoms with Crippen molar-refractivity contribution in [2.24, 2.45) is 0 Å². The van der Waals surface area contributed by atoms with Gasteiger partial charge in [0.1, 0.15) is 4.21 Å². The summed E-state index contributed by atoms with van der Waals surface area (Å²) in [5.74, 6) is 0. The highest BCUT2D eigenvalue weighted by Gasteiger charge is 2.32. The van der Waals surface area contributed by atoms with Gasteiger partial charge in [0.15, 0.2) is 0 Å². The van der Waals surface area contributed by atoms with Crippen LogP contribution in [0.15, 0.2) is 39.9 Å². The summed E-state index contributed by atoms with van der Waals surface area (Å²) in [5, 5.41) is 1.81. The van der Waals surface area contributed by atoms with Gasteiger partial charge in [0.2, 0.25) is 0 Å². The first-order chi connectivity index (χ1) is 10.7. The minimum absolute atomic E-state index is 0.423. The van der Waals surface area contributed by atoms with Crippen molar-refractivity contribution in [2.45, 2.75) is 23.5 Å². The monoisotopic (exact) mass is 334 g/mol. The maximum atomic E-state index is 12.8. The third-order valence-electron chi connectivity index (χ3n) is 4.43. The quantitative estimate of drug-likeness (QED) is 0.866. The second-order valence-corrected chi connectivity index (χ2v) is 8.80. The van der Waals surface area contributed by atoms with Gasteiger partial charge in [0.05, 0.1) is 5.69 Å². The summed E-state index contributed by atoms with van der Waals surface area (Å²) < 4.78 is 27.6. The molecule has 0 atom stereocenters. The Bertz CT molecular complexity index is 778. The molecule has 1 aromatic carbocycles. The summed E-state index contributed by atoms with van der Waals surface area (Å²) in [6, 6.07) is 9.74. The normalized spacial score (nSPS) is 18.0. The highest BCUT2D eigenvalue weighted by atomic mass is 32.2. The zero-order chi connectivity index (χ0) is 15.2. The molecule has 2 aliphatic heterocycles. The molecule has 1 aromatic heterocycles. The van der Waals surface area contributed by atoms with Crippen molar-refractivity contribution in [3.63, 3.8) is 0 Å². The van der Waals surface area contributed by atoms with Crippen molar-refractivity contribution >= 4 is 32.7 Å². The zero-order valence-electron chi connectivity index (χ0n) is 12.2. The van der Waals surface area contributed by atoms with Crippen molar-refractivity contribution in [3.05, 3.63) is 41.3 Å². The molecular formula is C16H18N2O2S2. The molecule has 0 spiro atoms. The van der Waals surface area contributed by atoms with Gasteiger partial charge in [-0.25, -0.2) is 8.42 Å². The molecule has 0 saturated carbocycles. The smallest absolute Gasteiger partial charge is 0.273 e. The van der Waals surface area contributed by atoms with Crippen LogP contribution in [0.25, 0.3) is 0 Å². The Kier molecular flexibility index (Phi) is 3.38. The van der Waals surface area contributed by atoms with E-state index in [2.05, 4.69) is 23.1 Å². The molecular weight excluding hydrogens is 316 g/mol. The van der Waals surface area contributed by atoms with Crippen LogP contribution in [0.1, 0.15) is 18.4 Å². The van der Waals surface area contributed by atoms with Gasteiger partial charge in [-0.05, 0) is 48.4 Å². The van der Waals surface area contributed by atoms with E-state index >= 15 is 0 Å². The minimum atomic E-state index is -3.42. The molecule has 4 rings (SSSR count). The number of benzene rings is 1. The Balaban J connectivity index is 1.73. The van der Waals surface area contributed by atoms with Gasteiger partial charge in [0, 0.05) is 25.3 Å². The van der Waals surface area contributed by atoms with Gasteiger partial charge in [-0.3, -0.25) is 4.31 Å². The van der Waals surface area contributed by atoms with Gasteiger partial charge in [-0.15, -0.1) is 11.3 Å². The van der Waals surface area contributed by atoms with E-state index in [0.717, 1.165) is 36.4 Å². The van der Waals surface area contributed by atoms with Crippen LogP contribution < -0.4 is 9.21 Å². The predicted octanol–water partition coefficient (Wildman–Crippen LogP) is 3.10. The average Bonchev–Trinajstić information content (AvgIpc) is 3.26. The van der Waals surface area contributed by atoms with Crippen LogP contribution in [0.2, 0.25) is 0 Å². The maximum absolute atomic E-state index is 12.8. The predicted molar refractivity (Wildman–Crippen MR) is 90.4 cm³/mol. The Morgan fingerprint density at radius 2 is 1.86 bits per heavy atom. The summed E-state index contributed by atoms with van der Waals surface area (Å²) in [6.45, 7) is 2.67. The van der Waals surface area contributed by atoms with Gasteiger partial charge >= 0.3 is 0 Å². The summed E-state index contributed by atoms with van der Waals surface area (Å²) >= 11 is 1.28. The maximum Gasteiger partial charge on any atom is 0.273 e. The third-order valence-corrected chi connectivity index (χ3v) is 7.62. The molecule has 0 unspecified atom stereocenters. The Morgan fingerprint density at radius 1 is 1.05 bits per heavy atom. The molecule has 2 aliphatic rings. The third kappa shape index (κ3) is 2.21. The first kappa shape index (κ1) is 14.1. The molecule has 0 N–H and O–H groups in total. The lowest BCUT2D eigenvalue weighted by atomic mass is 10.1. The molecule has 1 fully saturated rings. The lowest BCUT2D eigenvalue weighted by molar-refractivity contribution is 0.594. The molecule has 4 nitrogen and oxygen atoms in total. The molecule has 22 heavy (non-hydrogen) atoms. The van der Waals surface area contributed by atoms with Crippen molar-refractivity contribution in [2.75, 3.05) is 28.8 Å². The number of sulfonamides is 1. The molecule has 3 heterocycles. The van der Waals surface area contributed by atoms with Crippen LogP contribution in [0.3, 0.4) is 0 Å². The van der Waals surface area contributed by atoms with E-state index in [4.69, 9.17) is 0 Å². The largest absolute Gasteiger partial charge is 0.371 e. The average molecular weight is 334 g/mol. The van der Waals surface area contributed by atoms with E-state index in [1.54, 1.807) is 16.4 Å². The summed E-state index contributed by atoms with van der Waals surface area (Å²) in [4.78, 5) is 2.34. The number of hydrogen-bond donors (Lipinski definition) is 0. The van der Waals surface area contributed by atoms with E-state index in [1.165, 1.54) is 24.2 Å². The van der Waals surface area contributed by atoms with Gasteiger partial charge in [-0.2, -0.15) is 0 Å². The van der Waals surface area contributed by atoms with Crippen LogP contribution in [0, 0.1) is 0 Å². The van der Waals surface area contributed by atoms with E-state index in [1.807, 2.05) is 5.38 Å². The number of fused-ring (bicyclic) bond motifs is 1. The molecule has 1 saturated heterocycles. The fraction of sp³-hybridized carbons (Fsp3) is 0.375. The summed E-state index contributed by atoms with van der Waals surface area (Å²) in [7, 11) is -3.42. The summed E-state index contributed by atoms with van der Waals surface area (Å²) in [6.07, 6.45) is 3.23. The van der Waals surface area contributed by atoms with Crippen LogP contribution in [-0.2, 0) is 16.4 Å². The molecule has 6 heteroatoms. The standard InChI is InChI=1S/C16H18N2O2S2/c19-22(20,16-4-3-11-21-16)18-10-7-13-5-6-14(12-15(13)18)17-8-1-2-9-17/h3-6,11-12H,1-2,7-10H2. The molecule has 116 valence electrons. The Morgan fingerprint density at radius 3 is 2.59 bits per heavy atom. The fourth-order valence-electron chi connectivity index (χ4n) is 3.28. The second-order valence-electron chi connectivity index (χ2n) is 5.77. The summed E-state index contributed by atoms with van der Waals surface area (Å²) in [5.41, 5.74) is 3.13. The number of thiophene rings is 1. The first-order valence-corrected chi connectivity index (χ1v) is 9.92. The molecule has 0 amide bonds. The van der Waals surface area contributed by atoms with E-state index in [9.17, 15) is 8.42 Å². The number of anilines is 2. The Labute approximate surface area is 135 Å². The van der Waals surface area contributed by atoms with Crippen LogP contribution in [-0.4, -0.2) is 28.1 Å². The van der Waals surface area contributed by atoms with E-state index in [-0.39, 0.29) is 0 Å². The Hall–Kier alpha value is -1.53. The fourth-order valence-corrected chi connectivity index (χ4v) is 5.88. The molecule has 2 aromatic rings. The van der Waals surface area contributed by atoms with E-state index < -0.39 is 10.0 Å². The molecule has 0 aliphatic carbocycles. The van der Waals surface area contributed by atoms with Crippen LogP contribution in [0.4, 0.5) is 11.4 Å². The minimum Gasteiger partial charge on any atom is -0.371 e. The van der Waals surface area contributed by atoms with Crippen molar-refractivity contribution in [1.29, 1.82) is 0 Å². The lowest BCUT2D eigenvalue weighted by Crippen LogP contribution is -2.28. The number of rotatable bonds is 3. The topological polar surface area (TPSA) is 40.6 Å². The SMILES string of the molecule is O=S(=O)(c1cccs1)N1CCc2ccc(N3CCCC3)cc21. The molecule has 0 bridgehead atoms. The van der Waals surface area contributed by atoms with Gasteiger partial charge in [0.25, 0.3) is 10.0 Å². The zero-order valence-corrected chi connectivity index (χ0v) is 13.9. The number of nitrogens with zero attached hydrogens (tertiary/aromatic N) is 2. The van der Waals surface area contributed by atoms with E-state index in [0.29, 0.717) is 10.8 Å². The van der Waals surface area contributed by atoms with Gasteiger partial charge in [-0.1, -0.05) is 12.1 Å². The van der Waals surface area contributed by atoms with Crippen molar-refractivity contribution < 1.29 is 8.42 Å². The van der Waals surface area contributed by atoms with Crippen LogP contribution >= 0.6 is 11.3 Å². The van der Waals surface area contributed by atoms with Crippen molar-refractivity contribution in [1.82, 2.24) is 0 Å². The highest BCUT2D eigenvalue weighted by Crippen LogP contribution is 2.37. The lowest BCUT2D eigenvalue weighted by Gasteiger charge is -2.22. The number of hydrogen-bond acceptors (Lipinski definition) is 4. The van der Waals surface area contributed by atoms with Crippen molar-refractivity contribution in [3.8, 4) is 0 Å². The van der Waals surface area contributed by atoms with Crippen LogP contribution in [0.5, 0.6) is 0 Å². The second kappa shape index (κ2) is 5.28. The first-order valence-electron chi connectivity index (χ1n) is 7.60. The highest BCUT2D eigenvalue weighted by molar-refractivity contribution is 7.94. The molecule has 0 radical (unpaired) electrons.